The number of hydrogen-bond donors (Lipinski definition) is 0. The number of nitrogens with zero attached hydrogens (tertiary/aromatic N) is 1. The van der Waals surface area contributed by atoms with Crippen LogP contribution in [0.2, 0.25) is 0 Å². The van der Waals surface area contributed by atoms with Crippen LogP contribution in [0.15, 0.2) is 29.8 Å². The SMILES string of the molecule is CC(C)(C)OC(=O)N1C2C=C(Cc3ccc(F)cc3F)CC1COC2. The molecule has 2 atom stereocenters. The lowest BCUT2D eigenvalue weighted by Gasteiger charge is -2.44. The smallest absolute Gasteiger partial charge is 0.411 e. The molecule has 0 radical (unpaired) electrons. The molecule has 2 bridgehead atoms. The summed E-state index contributed by atoms with van der Waals surface area (Å²) >= 11 is 0. The van der Waals surface area contributed by atoms with Crippen LogP contribution in [0.3, 0.4) is 0 Å². The Balaban J connectivity index is 1.78. The van der Waals surface area contributed by atoms with Crippen molar-refractivity contribution in [2.24, 2.45) is 0 Å². The van der Waals surface area contributed by atoms with E-state index in [1.54, 1.807) is 4.90 Å². The minimum absolute atomic E-state index is 0.128. The number of halogens is 2. The first kappa shape index (κ1) is 17.9. The number of carbonyl (C=O) groups is 1. The van der Waals surface area contributed by atoms with E-state index in [9.17, 15) is 13.6 Å². The molecule has 1 aromatic rings. The van der Waals surface area contributed by atoms with E-state index in [1.807, 2.05) is 26.8 Å². The maximum atomic E-state index is 13.9. The zero-order valence-corrected chi connectivity index (χ0v) is 14.7. The molecule has 1 aromatic carbocycles. The minimum atomic E-state index is -0.583. The Kier molecular flexibility index (Phi) is 4.82. The summed E-state index contributed by atoms with van der Waals surface area (Å²) in [5.74, 6) is -1.13. The lowest BCUT2D eigenvalue weighted by Crippen LogP contribution is -2.57. The van der Waals surface area contributed by atoms with E-state index >= 15 is 0 Å². The summed E-state index contributed by atoms with van der Waals surface area (Å²) in [6, 6.07) is 3.28. The van der Waals surface area contributed by atoms with E-state index < -0.39 is 17.2 Å². The van der Waals surface area contributed by atoms with E-state index in [4.69, 9.17) is 9.47 Å². The number of rotatable bonds is 2. The summed E-state index contributed by atoms with van der Waals surface area (Å²) < 4.78 is 38.0. The van der Waals surface area contributed by atoms with Gasteiger partial charge in [-0.3, -0.25) is 4.90 Å². The molecule has 0 spiro atoms. The highest BCUT2D eigenvalue weighted by atomic mass is 19.1. The van der Waals surface area contributed by atoms with Gasteiger partial charge in [0.25, 0.3) is 0 Å². The van der Waals surface area contributed by atoms with Crippen LogP contribution in [0, 0.1) is 11.6 Å². The summed E-state index contributed by atoms with van der Waals surface area (Å²) in [7, 11) is 0. The molecule has 0 N–H and O–H groups in total. The van der Waals surface area contributed by atoms with Crippen molar-refractivity contribution < 1.29 is 23.0 Å². The van der Waals surface area contributed by atoms with E-state index in [1.165, 1.54) is 12.1 Å². The van der Waals surface area contributed by atoms with Gasteiger partial charge in [0.05, 0.1) is 25.3 Å². The first-order valence-corrected chi connectivity index (χ1v) is 8.45. The molecule has 2 aliphatic rings. The second kappa shape index (κ2) is 6.75. The lowest BCUT2D eigenvalue weighted by molar-refractivity contribution is -0.0536. The topological polar surface area (TPSA) is 38.8 Å². The number of ether oxygens (including phenoxy) is 2. The van der Waals surface area contributed by atoms with Gasteiger partial charge in [-0.2, -0.15) is 0 Å². The van der Waals surface area contributed by atoms with Crippen molar-refractivity contribution >= 4 is 6.09 Å². The molecule has 3 rings (SSSR count). The van der Waals surface area contributed by atoms with Crippen molar-refractivity contribution in [2.75, 3.05) is 13.2 Å². The molecule has 1 amide bonds. The molecule has 0 aromatic heterocycles. The van der Waals surface area contributed by atoms with Crippen LogP contribution in [-0.2, 0) is 15.9 Å². The van der Waals surface area contributed by atoms with Crippen molar-refractivity contribution in [3.8, 4) is 0 Å². The monoisotopic (exact) mass is 351 g/mol. The average Bonchev–Trinajstić information content (AvgIpc) is 2.47. The molecule has 0 saturated carbocycles. The Morgan fingerprint density at radius 1 is 1.32 bits per heavy atom. The zero-order valence-electron chi connectivity index (χ0n) is 14.7. The van der Waals surface area contributed by atoms with Gasteiger partial charge in [0, 0.05) is 6.07 Å². The predicted octanol–water partition coefficient (Wildman–Crippen LogP) is 3.84. The van der Waals surface area contributed by atoms with Gasteiger partial charge >= 0.3 is 6.09 Å². The van der Waals surface area contributed by atoms with Crippen LogP contribution in [0.5, 0.6) is 0 Å². The van der Waals surface area contributed by atoms with Crippen molar-refractivity contribution in [3.63, 3.8) is 0 Å². The fourth-order valence-corrected chi connectivity index (χ4v) is 3.32. The standard InChI is InChI=1S/C19H23F2NO3/c1-19(2,3)25-18(23)22-15-7-12(8-16(22)11-24-10-15)6-13-4-5-14(20)9-17(13)21/h4-5,7,9,15-16H,6,8,10-11H2,1-3H3. The van der Waals surface area contributed by atoms with E-state index in [0.717, 1.165) is 11.6 Å². The third-order valence-corrected chi connectivity index (χ3v) is 4.31. The van der Waals surface area contributed by atoms with Crippen LogP contribution in [0.1, 0.15) is 32.8 Å². The van der Waals surface area contributed by atoms with Crippen molar-refractivity contribution in [1.29, 1.82) is 0 Å². The van der Waals surface area contributed by atoms with E-state index in [-0.39, 0.29) is 18.2 Å². The molecule has 136 valence electrons. The van der Waals surface area contributed by atoms with Crippen LogP contribution in [-0.4, -0.2) is 41.9 Å². The number of morpholine rings is 1. The highest BCUT2D eigenvalue weighted by molar-refractivity contribution is 5.70. The number of amides is 1. The third kappa shape index (κ3) is 4.18. The Labute approximate surface area is 146 Å². The molecule has 0 aliphatic carbocycles. The molecule has 2 unspecified atom stereocenters. The van der Waals surface area contributed by atoms with Gasteiger partial charge in [-0.15, -0.1) is 0 Å². The Morgan fingerprint density at radius 3 is 2.72 bits per heavy atom. The fraction of sp³-hybridized carbons (Fsp3) is 0.526. The molecule has 4 nitrogen and oxygen atoms in total. The van der Waals surface area contributed by atoms with E-state index in [0.29, 0.717) is 31.6 Å². The fourth-order valence-electron chi connectivity index (χ4n) is 3.32. The predicted molar refractivity (Wildman–Crippen MR) is 89.2 cm³/mol. The molecule has 2 aliphatic heterocycles. The Bertz CT molecular complexity index is 696. The summed E-state index contributed by atoms with van der Waals surface area (Å²) in [6.07, 6.45) is 2.59. The van der Waals surface area contributed by atoms with Crippen molar-refractivity contribution in [3.05, 3.63) is 47.0 Å². The van der Waals surface area contributed by atoms with Crippen LogP contribution < -0.4 is 0 Å². The van der Waals surface area contributed by atoms with Crippen LogP contribution in [0.4, 0.5) is 13.6 Å². The van der Waals surface area contributed by atoms with Crippen molar-refractivity contribution in [1.82, 2.24) is 4.90 Å². The van der Waals surface area contributed by atoms with Gasteiger partial charge in [0.1, 0.15) is 17.2 Å². The molecule has 6 heteroatoms. The zero-order chi connectivity index (χ0) is 18.2. The number of benzene rings is 1. The van der Waals surface area contributed by atoms with Gasteiger partial charge in [-0.1, -0.05) is 17.7 Å². The van der Waals surface area contributed by atoms with Gasteiger partial charge in [0.2, 0.25) is 0 Å². The molecular weight excluding hydrogens is 328 g/mol. The summed E-state index contributed by atoms with van der Waals surface area (Å²) in [5, 5.41) is 0. The second-order valence-electron chi connectivity index (χ2n) is 7.59. The quantitative estimate of drug-likeness (QED) is 0.760. The molecule has 1 saturated heterocycles. The highest BCUT2D eigenvalue weighted by Gasteiger charge is 2.39. The maximum Gasteiger partial charge on any atom is 0.411 e. The normalized spacial score (nSPS) is 23.2. The van der Waals surface area contributed by atoms with Gasteiger partial charge in [-0.25, -0.2) is 13.6 Å². The minimum Gasteiger partial charge on any atom is -0.444 e. The first-order chi connectivity index (χ1) is 11.7. The van der Waals surface area contributed by atoms with Gasteiger partial charge in [-0.05, 0) is 45.2 Å². The van der Waals surface area contributed by atoms with Crippen LogP contribution in [0.25, 0.3) is 0 Å². The van der Waals surface area contributed by atoms with Gasteiger partial charge < -0.3 is 9.47 Å². The Morgan fingerprint density at radius 2 is 2.08 bits per heavy atom. The summed E-state index contributed by atoms with van der Waals surface area (Å²) in [4.78, 5) is 14.2. The summed E-state index contributed by atoms with van der Waals surface area (Å²) in [6.45, 7) is 6.32. The molecule has 25 heavy (non-hydrogen) atoms. The lowest BCUT2D eigenvalue weighted by atomic mass is 9.90. The number of carbonyl (C=O) groups excluding carboxylic acids is 1. The Hall–Kier alpha value is -1.95. The third-order valence-electron chi connectivity index (χ3n) is 4.31. The number of fused-ring (bicyclic) bond motifs is 2. The molecule has 1 fully saturated rings. The summed E-state index contributed by atoms with van der Waals surface area (Å²) in [5.41, 5.74) is 0.925. The highest BCUT2D eigenvalue weighted by Crippen LogP contribution is 2.30. The van der Waals surface area contributed by atoms with Crippen molar-refractivity contribution in [2.45, 2.75) is 51.3 Å². The second-order valence-corrected chi connectivity index (χ2v) is 7.59. The maximum absolute atomic E-state index is 13.9. The number of hydrogen-bond acceptors (Lipinski definition) is 3. The molecular formula is C19H23F2NO3. The van der Waals surface area contributed by atoms with E-state index in [2.05, 4.69) is 0 Å². The van der Waals surface area contributed by atoms with Gasteiger partial charge in [0.15, 0.2) is 0 Å². The molecule has 2 heterocycles. The average molecular weight is 351 g/mol. The first-order valence-electron chi connectivity index (χ1n) is 8.45. The largest absolute Gasteiger partial charge is 0.444 e. The van der Waals surface area contributed by atoms with Crippen LogP contribution >= 0.6 is 0 Å².